The van der Waals surface area contributed by atoms with E-state index in [2.05, 4.69) is 24.4 Å². The van der Waals surface area contributed by atoms with Gasteiger partial charge in [0, 0.05) is 28.6 Å². The lowest BCUT2D eigenvalue weighted by Gasteiger charge is -2.24. The van der Waals surface area contributed by atoms with Crippen LogP contribution >= 0.6 is 11.8 Å². The van der Waals surface area contributed by atoms with Gasteiger partial charge in [-0.15, -0.1) is 0 Å². The van der Waals surface area contributed by atoms with Gasteiger partial charge < -0.3 is 10.4 Å². The van der Waals surface area contributed by atoms with Crippen LogP contribution < -0.4 is 10.2 Å². The van der Waals surface area contributed by atoms with Crippen molar-refractivity contribution in [1.82, 2.24) is 5.32 Å². The summed E-state index contributed by atoms with van der Waals surface area (Å²) in [5, 5.41) is 12.5. The maximum atomic E-state index is 13.1. The Hall–Kier alpha value is -3.25. The second-order valence-electron chi connectivity index (χ2n) is 9.50. The smallest absolute Gasteiger partial charge is 0.321 e. The molecular weight excluding hydrogens is 492 g/mol. The molecule has 2 N–H and O–H groups in total. The Morgan fingerprint density at radius 3 is 2.11 bits per heavy atom. The van der Waals surface area contributed by atoms with Crippen molar-refractivity contribution in [2.45, 2.75) is 74.5 Å². The van der Waals surface area contributed by atoms with Crippen LogP contribution in [0.2, 0.25) is 0 Å². The first kappa shape index (κ1) is 29.3. The van der Waals surface area contributed by atoms with Crippen LogP contribution in [-0.2, 0) is 11.2 Å². The number of rotatable bonds is 15. The number of aryl methyl sites for hydroxylation is 1. The Kier molecular flexibility index (Phi) is 12.2. The van der Waals surface area contributed by atoms with Crippen molar-refractivity contribution in [3.05, 3.63) is 90.0 Å². The van der Waals surface area contributed by atoms with Gasteiger partial charge in [0.05, 0.1) is 5.92 Å². The molecule has 0 radical (unpaired) electrons. The van der Waals surface area contributed by atoms with E-state index in [9.17, 15) is 14.7 Å². The molecule has 0 aliphatic carbocycles. The third-order valence-corrected chi connectivity index (χ3v) is 7.63. The number of amides is 2. The fraction of sp³-hybridized carbons (Fsp3) is 0.375. The summed E-state index contributed by atoms with van der Waals surface area (Å²) in [5.74, 6) is -1.26. The van der Waals surface area contributed by atoms with Crippen LogP contribution in [0.5, 0.6) is 0 Å². The van der Waals surface area contributed by atoms with E-state index in [0.29, 0.717) is 19.5 Å². The van der Waals surface area contributed by atoms with Gasteiger partial charge in [-0.1, -0.05) is 87.3 Å². The number of carboxylic acid groups (broad SMARTS) is 1. The molecule has 3 rings (SSSR count). The summed E-state index contributed by atoms with van der Waals surface area (Å²) in [7, 11) is 0. The predicted octanol–water partition coefficient (Wildman–Crippen LogP) is 8.15. The van der Waals surface area contributed by atoms with E-state index in [-0.39, 0.29) is 6.03 Å². The van der Waals surface area contributed by atoms with Crippen LogP contribution in [0.25, 0.3) is 0 Å². The van der Waals surface area contributed by atoms with Crippen LogP contribution in [0, 0.1) is 0 Å². The molecule has 38 heavy (non-hydrogen) atoms. The zero-order valence-electron chi connectivity index (χ0n) is 22.6. The fourth-order valence-corrected chi connectivity index (χ4v) is 5.24. The number of anilines is 1. The molecule has 3 aromatic carbocycles. The third-order valence-electron chi connectivity index (χ3n) is 6.61. The number of hydrogen-bond acceptors (Lipinski definition) is 3. The number of benzene rings is 3. The van der Waals surface area contributed by atoms with E-state index in [1.165, 1.54) is 18.4 Å². The summed E-state index contributed by atoms with van der Waals surface area (Å²) >= 11 is 1.62. The van der Waals surface area contributed by atoms with Gasteiger partial charge in [0.2, 0.25) is 0 Å². The summed E-state index contributed by atoms with van der Waals surface area (Å²) in [6, 6.07) is 26.2. The van der Waals surface area contributed by atoms with Gasteiger partial charge in [-0.3, -0.25) is 9.69 Å². The maximum absolute atomic E-state index is 13.1. The Labute approximate surface area is 231 Å². The molecule has 0 heterocycles. The van der Waals surface area contributed by atoms with E-state index in [1.54, 1.807) is 11.8 Å². The number of aliphatic carboxylic acids is 1. The largest absolute Gasteiger partial charge is 0.481 e. The van der Waals surface area contributed by atoms with Crippen molar-refractivity contribution in [1.29, 1.82) is 0 Å². The molecule has 1 unspecified atom stereocenters. The quantitative estimate of drug-likeness (QED) is 0.194. The molecule has 2 amide bonds. The second-order valence-corrected chi connectivity index (χ2v) is 10.6. The predicted molar refractivity (Wildman–Crippen MR) is 157 cm³/mol. The first-order chi connectivity index (χ1) is 18.5. The number of carboxylic acids is 1. The standard InChI is InChI=1S/C32H40N2O3S/c1-3-5-6-10-23-33-32(37)34(24-11-14-25-12-8-7-9-13-25)27-17-21-29(22-18-27)38-28-19-15-26(16-20-28)30(4-2)31(35)36/h7-9,12-13,15-22,30H,3-6,10-11,14,23-24H2,1-2H3,(H,33,37)(H,35,36). The highest BCUT2D eigenvalue weighted by molar-refractivity contribution is 7.99. The molecule has 6 heteroatoms. The molecular formula is C32H40N2O3S. The number of hydrogen-bond donors (Lipinski definition) is 2. The van der Waals surface area contributed by atoms with Gasteiger partial charge in [-0.05, 0) is 73.2 Å². The van der Waals surface area contributed by atoms with Gasteiger partial charge in [0.1, 0.15) is 0 Å². The van der Waals surface area contributed by atoms with Crippen molar-refractivity contribution in [2.24, 2.45) is 0 Å². The topological polar surface area (TPSA) is 69.6 Å². The highest BCUT2D eigenvalue weighted by Crippen LogP contribution is 2.31. The molecule has 0 spiro atoms. The molecule has 202 valence electrons. The van der Waals surface area contributed by atoms with Crippen molar-refractivity contribution in [3.8, 4) is 0 Å². The molecule has 1 atom stereocenters. The lowest BCUT2D eigenvalue weighted by molar-refractivity contribution is -0.138. The molecule has 0 saturated carbocycles. The Balaban J connectivity index is 1.64. The van der Waals surface area contributed by atoms with Crippen LogP contribution in [0.3, 0.4) is 0 Å². The van der Waals surface area contributed by atoms with E-state index in [0.717, 1.165) is 46.7 Å². The number of carbonyl (C=O) groups is 2. The fourth-order valence-electron chi connectivity index (χ4n) is 4.43. The van der Waals surface area contributed by atoms with Crippen LogP contribution in [0.15, 0.2) is 88.7 Å². The minimum atomic E-state index is -0.790. The van der Waals surface area contributed by atoms with Gasteiger partial charge in [-0.25, -0.2) is 4.79 Å². The Morgan fingerprint density at radius 1 is 0.842 bits per heavy atom. The van der Waals surface area contributed by atoms with Gasteiger partial charge in [0.25, 0.3) is 0 Å². The summed E-state index contributed by atoms with van der Waals surface area (Å²) in [6.07, 6.45) is 6.87. The minimum Gasteiger partial charge on any atom is -0.481 e. The number of nitrogens with one attached hydrogen (secondary N) is 1. The number of unbranched alkanes of at least 4 members (excludes halogenated alkanes) is 3. The van der Waals surface area contributed by atoms with Crippen LogP contribution in [0.4, 0.5) is 10.5 Å². The Morgan fingerprint density at radius 2 is 1.50 bits per heavy atom. The van der Waals surface area contributed by atoms with Crippen LogP contribution in [-0.4, -0.2) is 30.2 Å². The van der Waals surface area contributed by atoms with Gasteiger partial charge in [-0.2, -0.15) is 0 Å². The summed E-state index contributed by atoms with van der Waals surface area (Å²) in [4.78, 5) is 28.5. The molecule has 0 aliphatic heterocycles. The minimum absolute atomic E-state index is 0.0468. The molecule has 3 aromatic rings. The van der Waals surface area contributed by atoms with E-state index >= 15 is 0 Å². The molecule has 0 fully saturated rings. The van der Waals surface area contributed by atoms with E-state index < -0.39 is 11.9 Å². The van der Waals surface area contributed by atoms with Crippen LogP contribution in [0.1, 0.15) is 69.4 Å². The summed E-state index contributed by atoms with van der Waals surface area (Å²) in [6.45, 7) is 5.41. The normalized spacial score (nSPS) is 11.6. The average Bonchev–Trinajstić information content (AvgIpc) is 2.93. The molecule has 0 bridgehead atoms. The number of nitrogens with zero attached hydrogens (tertiary/aromatic N) is 1. The third kappa shape index (κ3) is 9.25. The van der Waals surface area contributed by atoms with Gasteiger partial charge in [0.15, 0.2) is 0 Å². The lowest BCUT2D eigenvalue weighted by atomic mass is 9.97. The van der Waals surface area contributed by atoms with Crippen molar-refractivity contribution in [3.63, 3.8) is 0 Å². The first-order valence-corrected chi connectivity index (χ1v) is 14.5. The highest BCUT2D eigenvalue weighted by atomic mass is 32.2. The zero-order valence-corrected chi connectivity index (χ0v) is 23.4. The Bertz CT molecular complexity index is 1120. The van der Waals surface area contributed by atoms with Crippen molar-refractivity contribution < 1.29 is 14.7 Å². The lowest BCUT2D eigenvalue weighted by Crippen LogP contribution is -2.41. The van der Waals surface area contributed by atoms with E-state index in [4.69, 9.17) is 0 Å². The summed E-state index contributed by atoms with van der Waals surface area (Å²) in [5.41, 5.74) is 2.99. The zero-order chi connectivity index (χ0) is 27.2. The molecule has 0 aliphatic rings. The second kappa shape index (κ2) is 15.9. The first-order valence-electron chi connectivity index (χ1n) is 13.7. The van der Waals surface area contributed by atoms with Crippen molar-refractivity contribution in [2.75, 3.05) is 18.0 Å². The monoisotopic (exact) mass is 532 g/mol. The van der Waals surface area contributed by atoms with E-state index in [1.807, 2.05) is 78.6 Å². The molecule has 0 saturated heterocycles. The average molecular weight is 533 g/mol. The SMILES string of the molecule is CCCCCCNC(=O)N(CCCc1ccccc1)c1ccc(Sc2ccc(C(CC)C(=O)O)cc2)cc1. The molecule has 0 aromatic heterocycles. The number of carbonyl (C=O) groups excluding carboxylic acids is 1. The number of urea groups is 1. The van der Waals surface area contributed by atoms with Gasteiger partial charge >= 0.3 is 12.0 Å². The maximum Gasteiger partial charge on any atom is 0.321 e. The highest BCUT2D eigenvalue weighted by Gasteiger charge is 2.18. The molecule has 5 nitrogen and oxygen atoms in total. The van der Waals surface area contributed by atoms with Crippen molar-refractivity contribution >= 4 is 29.4 Å². The summed E-state index contributed by atoms with van der Waals surface area (Å²) < 4.78 is 0.